The number of amidine groups is 1. The normalized spacial score (nSPS) is 11.0. The fourth-order valence-corrected chi connectivity index (χ4v) is 2.29. The molecule has 0 aliphatic heterocycles. The van der Waals surface area contributed by atoms with Gasteiger partial charge < -0.3 is 24.8 Å². The highest BCUT2D eigenvalue weighted by molar-refractivity contribution is 6.31. The fraction of sp³-hybridized carbons (Fsp3) is 0.176. The highest BCUT2D eigenvalue weighted by atomic mass is 35.5. The summed E-state index contributed by atoms with van der Waals surface area (Å²) in [5, 5.41) is 4.10. The third kappa shape index (κ3) is 4.13. The summed E-state index contributed by atoms with van der Waals surface area (Å²) < 4.78 is 15.5. The smallest absolute Gasteiger partial charge is 0.373 e. The lowest BCUT2D eigenvalue weighted by molar-refractivity contribution is 0.0508. The molecule has 0 saturated heterocycles. The van der Waals surface area contributed by atoms with Gasteiger partial charge in [-0.1, -0.05) is 22.8 Å². The Morgan fingerprint density at radius 3 is 2.16 bits per heavy atom. The average Bonchev–Trinajstić information content (AvgIpc) is 2.64. The highest BCUT2D eigenvalue weighted by Crippen LogP contribution is 2.29. The summed E-state index contributed by atoms with van der Waals surface area (Å²) in [6.45, 7) is 0. The van der Waals surface area contributed by atoms with Crippen LogP contribution in [0.25, 0.3) is 0 Å². The van der Waals surface area contributed by atoms with Crippen LogP contribution >= 0.6 is 11.6 Å². The van der Waals surface area contributed by atoms with Gasteiger partial charge >= 0.3 is 5.97 Å². The SMILES string of the molecule is COc1ccc(Cl)cc1/C(N)=N/OC(=O)c1c(OC)cccc1OC. The van der Waals surface area contributed by atoms with Gasteiger partial charge in [-0.15, -0.1) is 0 Å². The van der Waals surface area contributed by atoms with Gasteiger partial charge in [0.05, 0.1) is 26.9 Å². The zero-order valence-corrected chi connectivity index (χ0v) is 14.7. The van der Waals surface area contributed by atoms with E-state index in [4.69, 9.17) is 36.4 Å². The maximum absolute atomic E-state index is 12.4. The second kappa shape index (κ2) is 8.25. The molecule has 0 saturated carbocycles. The molecular weight excluding hydrogens is 348 g/mol. The summed E-state index contributed by atoms with van der Waals surface area (Å²) in [5.74, 6) is 0.174. The molecule has 7 nitrogen and oxygen atoms in total. The number of oxime groups is 1. The van der Waals surface area contributed by atoms with Crippen LogP contribution < -0.4 is 19.9 Å². The number of ether oxygens (including phenoxy) is 3. The van der Waals surface area contributed by atoms with Crippen molar-refractivity contribution >= 4 is 23.4 Å². The first-order chi connectivity index (χ1) is 12.0. The fourth-order valence-electron chi connectivity index (χ4n) is 2.12. The molecule has 0 aliphatic carbocycles. The van der Waals surface area contributed by atoms with E-state index in [1.165, 1.54) is 21.3 Å². The summed E-state index contributed by atoms with van der Waals surface area (Å²) in [6.07, 6.45) is 0. The Morgan fingerprint density at radius 1 is 1.00 bits per heavy atom. The number of methoxy groups -OCH3 is 3. The van der Waals surface area contributed by atoms with Crippen molar-refractivity contribution in [1.29, 1.82) is 0 Å². The van der Waals surface area contributed by atoms with E-state index in [-0.39, 0.29) is 11.4 Å². The minimum Gasteiger partial charge on any atom is -0.496 e. The Hall–Kier alpha value is -2.93. The largest absolute Gasteiger partial charge is 0.496 e. The molecular formula is C17H17ClN2O5. The summed E-state index contributed by atoms with van der Waals surface area (Å²) >= 11 is 5.95. The second-order valence-electron chi connectivity index (χ2n) is 4.74. The molecule has 2 aromatic rings. The van der Waals surface area contributed by atoms with E-state index in [0.29, 0.717) is 27.8 Å². The Morgan fingerprint density at radius 2 is 1.60 bits per heavy atom. The van der Waals surface area contributed by atoms with Crippen molar-refractivity contribution in [2.24, 2.45) is 10.9 Å². The maximum atomic E-state index is 12.4. The van der Waals surface area contributed by atoms with Crippen molar-refractivity contribution in [3.05, 3.63) is 52.5 Å². The van der Waals surface area contributed by atoms with Gasteiger partial charge in [-0.25, -0.2) is 4.79 Å². The zero-order valence-electron chi connectivity index (χ0n) is 13.9. The third-order valence-corrected chi connectivity index (χ3v) is 3.53. The van der Waals surface area contributed by atoms with Crippen LogP contribution in [-0.2, 0) is 4.84 Å². The van der Waals surface area contributed by atoms with Crippen molar-refractivity contribution < 1.29 is 23.8 Å². The van der Waals surface area contributed by atoms with Crippen molar-refractivity contribution in [3.63, 3.8) is 0 Å². The van der Waals surface area contributed by atoms with E-state index in [1.807, 2.05) is 0 Å². The Balaban J connectivity index is 2.30. The molecule has 0 amide bonds. The lowest BCUT2D eigenvalue weighted by Crippen LogP contribution is -2.17. The molecule has 0 radical (unpaired) electrons. The van der Waals surface area contributed by atoms with Crippen LogP contribution in [-0.4, -0.2) is 33.1 Å². The Kier molecular flexibility index (Phi) is 6.08. The lowest BCUT2D eigenvalue weighted by atomic mass is 10.2. The number of rotatable bonds is 6. The van der Waals surface area contributed by atoms with Crippen molar-refractivity contribution in [2.45, 2.75) is 0 Å². The van der Waals surface area contributed by atoms with Crippen LogP contribution in [0.15, 0.2) is 41.6 Å². The molecule has 0 unspecified atom stereocenters. The van der Waals surface area contributed by atoms with Gasteiger partial charge in [-0.3, -0.25) is 0 Å². The second-order valence-corrected chi connectivity index (χ2v) is 5.17. The molecule has 0 bridgehead atoms. The first kappa shape index (κ1) is 18.4. The molecule has 0 heterocycles. The van der Waals surface area contributed by atoms with E-state index in [0.717, 1.165) is 0 Å². The summed E-state index contributed by atoms with van der Waals surface area (Å²) in [4.78, 5) is 17.3. The monoisotopic (exact) mass is 364 g/mol. The van der Waals surface area contributed by atoms with Gasteiger partial charge in [-0.05, 0) is 30.3 Å². The van der Waals surface area contributed by atoms with Crippen molar-refractivity contribution in [1.82, 2.24) is 0 Å². The van der Waals surface area contributed by atoms with E-state index < -0.39 is 5.97 Å². The number of hydrogen-bond acceptors (Lipinski definition) is 6. The van der Waals surface area contributed by atoms with Gasteiger partial charge in [0.2, 0.25) is 0 Å². The summed E-state index contributed by atoms with van der Waals surface area (Å²) in [7, 11) is 4.34. The van der Waals surface area contributed by atoms with Crippen LogP contribution in [0, 0.1) is 0 Å². The summed E-state index contributed by atoms with van der Waals surface area (Å²) in [5.41, 5.74) is 6.38. The number of benzene rings is 2. The van der Waals surface area contributed by atoms with Crippen LogP contribution in [0.4, 0.5) is 0 Å². The topological polar surface area (TPSA) is 92.4 Å². The molecule has 0 spiro atoms. The quantitative estimate of drug-likeness (QED) is 0.367. The molecule has 2 rings (SSSR count). The first-order valence-electron chi connectivity index (χ1n) is 7.11. The minimum atomic E-state index is -0.779. The molecule has 8 heteroatoms. The van der Waals surface area contributed by atoms with Crippen LogP contribution in [0.1, 0.15) is 15.9 Å². The zero-order chi connectivity index (χ0) is 18.4. The molecule has 0 atom stereocenters. The van der Waals surface area contributed by atoms with E-state index in [9.17, 15) is 4.79 Å². The molecule has 0 aliphatic rings. The van der Waals surface area contributed by atoms with E-state index >= 15 is 0 Å². The Bertz CT molecular complexity index is 785. The van der Waals surface area contributed by atoms with Crippen LogP contribution in [0.5, 0.6) is 17.2 Å². The number of halogens is 1. The Labute approximate surface area is 149 Å². The predicted octanol–water partition coefficient (Wildman–Crippen LogP) is 2.84. The van der Waals surface area contributed by atoms with Gasteiger partial charge in [0, 0.05) is 5.02 Å². The molecule has 0 fully saturated rings. The lowest BCUT2D eigenvalue weighted by Gasteiger charge is -2.11. The number of carbonyl (C=O) groups is 1. The number of hydrogen-bond donors (Lipinski definition) is 1. The van der Waals surface area contributed by atoms with Crippen LogP contribution in [0.3, 0.4) is 0 Å². The molecule has 25 heavy (non-hydrogen) atoms. The van der Waals surface area contributed by atoms with E-state index in [1.54, 1.807) is 36.4 Å². The van der Waals surface area contributed by atoms with E-state index in [2.05, 4.69) is 5.16 Å². The molecule has 0 aromatic heterocycles. The highest BCUT2D eigenvalue weighted by Gasteiger charge is 2.20. The number of nitrogens with zero attached hydrogens (tertiary/aromatic N) is 1. The minimum absolute atomic E-state index is 0.0680. The van der Waals surface area contributed by atoms with Crippen molar-refractivity contribution in [2.75, 3.05) is 21.3 Å². The summed E-state index contributed by atoms with van der Waals surface area (Å²) in [6, 6.07) is 9.71. The standard InChI is InChI=1S/C17H17ClN2O5/c1-22-12-8-7-10(18)9-11(12)16(19)20-25-17(21)15-13(23-2)5-4-6-14(15)24-3/h4-9H,1-3H3,(H2,19,20). The molecule has 2 aromatic carbocycles. The van der Waals surface area contributed by atoms with Crippen molar-refractivity contribution in [3.8, 4) is 17.2 Å². The van der Waals surface area contributed by atoms with Gasteiger partial charge in [0.25, 0.3) is 0 Å². The first-order valence-corrected chi connectivity index (χ1v) is 7.49. The van der Waals surface area contributed by atoms with Gasteiger partial charge in [0.1, 0.15) is 22.8 Å². The van der Waals surface area contributed by atoms with Gasteiger partial charge in [0.15, 0.2) is 5.84 Å². The van der Waals surface area contributed by atoms with Gasteiger partial charge in [-0.2, -0.15) is 0 Å². The third-order valence-electron chi connectivity index (χ3n) is 3.30. The molecule has 2 N–H and O–H groups in total. The average molecular weight is 365 g/mol. The number of nitrogens with two attached hydrogens (primary N) is 1. The maximum Gasteiger partial charge on any atom is 0.373 e. The van der Waals surface area contributed by atoms with Crippen LogP contribution in [0.2, 0.25) is 5.02 Å². The number of carbonyl (C=O) groups excluding carboxylic acids is 1. The predicted molar refractivity (Wildman–Crippen MR) is 93.7 cm³/mol. The molecule has 132 valence electrons.